The van der Waals surface area contributed by atoms with Gasteiger partial charge in [-0.1, -0.05) is 6.92 Å². The molecule has 2 fully saturated rings. The van der Waals surface area contributed by atoms with Gasteiger partial charge < -0.3 is 15.0 Å². The zero-order valence-electron chi connectivity index (χ0n) is 13.4. The van der Waals surface area contributed by atoms with Gasteiger partial charge in [-0.2, -0.15) is 0 Å². The van der Waals surface area contributed by atoms with E-state index >= 15 is 0 Å². The number of fused-ring (bicyclic) bond motifs is 2. The number of aromatic nitrogens is 1. The number of piperidine rings is 1. The van der Waals surface area contributed by atoms with Crippen LogP contribution in [0.15, 0.2) is 12.3 Å². The third-order valence-electron chi connectivity index (χ3n) is 4.87. The van der Waals surface area contributed by atoms with Crippen molar-refractivity contribution in [2.75, 3.05) is 18.6 Å². The van der Waals surface area contributed by atoms with E-state index in [2.05, 4.69) is 35.1 Å². The van der Waals surface area contributed by atoms with Gasteiger partial charge in [0.15, 0.2) is 5.75 Å². The first-order chi connectivity index (χ1) is 10.2. The molecule has 2 unspecified atom stereocenters. The Hall–Kier alpha value is -1.29. The maximum atomic E-state index is 5.57. The van der Waals surface area contributed by atoms with Crippen molar-refractivity contribution in [3.05, 3.63) is 18.0 Å². The average Bonchev–Trinajstić information content (AvgIpc) is 2.83. The Bertz CT molecular complexity index is 479. The van der Waals surface area contributed by atoms with E-state index in [-0.39, 0.29) is 0 Å². The van der Waals surface area contributed by atoms with Crippen molar-refractivity contribution in [3.63, 3.8) is 0 Å². The predicted molar refractivity (Wildman–Crippen MR) is 86.1 cm³/mol. The second-order valence-electron chi connectivity index (χ2n) is 6.45. The number of pyridine rings is 1. The summed E-state index contributed by atoms with van der Waals surface area (Å²) >= 11 is 0. The normalized spacial score (nSPS) is 27.7. The van der Waals surface area contributed by atoms with E-state index in [4.69, 9.17) is 4.74 Å². The highest BCUT2D eigenvalue weighted by atomic mass is 16.5. The number of hydrogen-bond acceptors (Lipinski definition) is 4. The lowest BCUT2D eigenvalue weighted by Crippen LogP contribution is -2.48. The molecule has 21 heavy (non-hydrogen) atoms. The molecule has 4 nitrogen and oxygen atoms in total. The summed E-state index contributed by atoms with van der Waals surface area (Å²) in [6.45, 7) is 5.40. The second kappa shape index (κ2) is 6.22. The smallest absolute Gasteiger partial charge is 0.160 e. The molecular formula is C17H27N3O. The molecule has 1 N–H and O–H groups in total. The van der Waals surface area contributed by atoms with Gasteiger partial charge in [0.25, 0.3) is 0 Å². The fraction of sp³-hybridized carbons (Fsp3) is 0.706. The molecule has 116 valence electrons. The molecule has 3 heterocycles. The zero-order valence-corrected chi connectivity index (χ0v) is 13.4. The first-order valence-electron chi connectivity index (χ1n) is 8.24. The number of hydrogen-bond donors (Lipinski definition) is 1. The summed E-state index contributed by atoms with van der Waals surface area (Å²) in [5.74, 6) is 0.903. The van der Waals surface area contributed by atoms with Crippen LogP contribution in [-0.2, 0) is 0 Å². The van der Waals surface area contributed by atoms with Crippen LogP contribution in [0.2, 0.25) is 0 Å². The Labute approximate surface area is 127 Å². The first kappa shape index (κ1) is 14.6. The lowest BCUT2D eigenvalue weighted by atomic mass is 9.97. The van der Waals surface area contributed by atoms with E-state index < -0.39 is 0 Å². The molecule has 3 rings (SSSR count). The fourth-order valence-electron chi connectivity index (χ4n) is 3.94. The minimum atomic E-state index is 0.624. The van der Waals surface area contributed by atoms with Gasteiger partial charge in [-0.3, -0.25) is 4.98 Å². The Morgan fingerprint density at radius 1 is 1.33 bits per heavy atom. The van der Waals surface area contributed by atoms with E-state index in [9.17, 15) is 0 Å². The molecule has 2 atom stereocenters. The molecule has 2 aliphatic heterocycles. The summed E-state index contributed by atoms with van der Waals surface area (Å²) in [5, 5.41) is 3.74. The topological polar surface area (TPSA) is 37.4 Å². The number of rotatable bonds is 5. The van der Waals surface area contributed by atoms with Crippen LogP contribution < -0.4 is 15.0 Å². The van der Waals surface area contributed by atoms with E-state index in [1.165, 1.54) is 31.4 Å². The van der Waals surface area contributed by atoms with Crippen LogP contribution in [0.25, 0.3) is 0 Å². The van der Waals surface area contributed by atoms with Crippen LogP contribution in [0.3, 0.4) is 0 Å². The number of nitrogens with one attached hydrogen (secondary N) is 1. The summed E-state index contributed by atoms with van der Waals surface area (Å²) in [4.78, 5) is 6.95. The van der Waals surface area contributed by atoms with Crippen molar-refractivity contribution >= 4 is 5.69 Å². The predicted octanol–water partition coefficient (Wildman–Crippen LogP) is 2.90. The molecular weight excluding hydrogens is 262 g/mol. The second-order valence-corrected chi connectivity index (χ2v) is 6.45. The third kappa shape index (κ3) is 3.00. The molecule has 1 aromatic heterocycles. The summed E-state index contributed by atoms with van der Waals surface area (Å²) in [7, 11) is 1.74. The van der Waals surface area contributed by atoms with Gasteiger partial charge in [0, 0.05) is 30.4 Å². The SMILES string of the molecule is CCCN(c1cc(C)ncc1OC)C1CC2CCC(C1)N2. The molecule has 0 saturated carbocycles. The number of methoxy groups -OCH3 is 1. The quantitative estimate of drug-likeness (QED) is 0.904. The Morgan fingerprint density at radius 2 is 2.05 bits per heavy atom. The Morgan fingerprint density at radius 3 is 2.67 bits per heavy atom. The Kier molecular flexibility index (Phi) is 4.34. The highest BCUT2D eigenvalue weighted by Crippen LogP contribution is 2.36. The summed E-state index contributed by atoms with van der Waals surface area (Å²) in [6, 6.07) is 4.22. The number of aryl methyl sites for hydroxylation is 1. The Balaban J connectivity index is 1.88. The van der Waals surface area contributed by atoms with Gasteiger partial charge in [-0.15, -0.1) is 0 Å². The average molecular weight is 289 g/mol. The van der Waals surface area contributed by atoms with Crippen molar-refractivity contribution in [3.8, 4) is 5.75 Å². The standard InChI is InChI=1S/C17H27N3O/c1-4-7-20(15-9-13-5-6-14(10-15)19-13)16-8-12(2)18-11-17(16)21-3/h8,11,13-15,19H,4-7,9-10H2,1-3H3. The van der Waals surface area contributed by atoms with Crippen LogP contribution in [0, 0.1) is 6.92 Å². The molecule has 0 radical (unpaired) electrons. The van der Waals surface area contributed by atoms with Crippen LogP contribution in [0.1, 0.15) is 44.7 Å². The van der Waals surface area contributed by atoms with Gasteiger partial charge in [0.2, 0.25) is 0 Å². The van der Waals surface area contributed by atoms with E-state index in [0.29, 0.717) is 18.1 Å². The molecule has 0 aromatic carbocycles. The lowest BCUT2D eigenvalue weighted by molar-refractivity contribution is 0.343. The number of ether oxygens (including phenoxy) is 1. The zero-order chi connectivity index (χ0) is 14.8. The van der Waals surface area contributed by atoms with E-state index in [1.54, 1.807) is 7.11 Å². The fourth-order valence-corrected chi connectivity index (χ4v) is 3.94. The summed E-state index contributed by atoms with van der Waals surface area (Å²) < 4.78 is 5.57. The number of nitrogens with zero attached hydrogens (tertiary/aromatic N) is 2. The lowest BCUT2D eigenvalue weighted by Gasteiger charge is -2.39. The van der Waals surface area contributed by atoms with E-state index in [0.717, 1.165) is 24.4 Å². The highest BCUT2D eigenvalue weighted by Gasteiger charge is 2.36. The van der Waals surface area contributed by atoms with Crippen molar-refractivity contribution in [1.29, 1.82) is 0 Å². The first-order valence-corrected chi connectivity index (χ1v) is 8.24. The van der Waals surface area contributed by atoms with Gasteiger partial charge in [0.05, 0.1) is 19.0 Å². The van der Waals surface area contributed by atoms with Crippen LogP contribution in [0.5, 0.6) is 5.75 Å². The van der Waals surface area contributed by atoms with Crippen LogP contribution >= 0.6 is 0 Å². The summed E-state index contributed by atoms with van der Waals surface area (Å²) in [5.41, 5.74) is 2.28. The molecule has 0 amide bonds. The van der Waals surface area contributed by atoms with Gasteiger partial charge in [-0.05, 0) is 45.1 Å². The molecule has 0 aliphatic carbocycles. The monoisotopic (exact) mass is 289 g/mol. The van der Waals surface area contributed by atoms with Gasteiger partial charge >= 0.3 is 0 Å². The summed E-state index contributed by atoms with van der Waals surface area (Å²) in [6.07, 6.45) is 8.20. The van der Waals surface area contributed by atoms with Gasteiger partial charge in [-0.25, -0.2) is 0 Å². The minimum Gasteiger partial charge on any atom is -0.493 e. The molecule has 2 saturated heterocycles. The largest absolute Gasteiger partial charge is 0.493 e. The van der Waals surface area contributed by atoms with Crippen molar-refractivity contribution in [2.45, 2.75) is 64.1 Å². The van der Waals surface area contributed by atoms with Crippen molar-refractivity contribution in [2.24, 2.45) is 0 Å². The molecule has 2 aliphatic rings. The number of anilines is 1. The van der Waals surface area contributed by atoms with Crippen LogP contribution in [-0.4, -0.2) is 36.8 Å². The van der Waals surface area contributed by atoms with Crippen molar-refractivity contribution < 1.29 is 4.74 Å². The van der Waals surface area contributed by atoms with Crippen LogP contribution in [0.4, 0.5) is 5.69 Å². The minimum absolute atomic E-state index is 0.624. The maximum Gasteiger partial charge on any atom is 0.160 e. The molecule has 2 bridgehead atoms. The van der Waals surface area contributed by atoms with Gasteiger partial charge in [0.1, 0.15) is 0 Å². The van der Waals surface area contributed by atoms with Crippen molar-refractivity contribution in [1.82, 2.24) is 10.3 Å². The maximum absolute atomic E-state index is 5.57. The third-order valence-corrected chi connectivity index (χ3v) is 4.87. The molecule has 4 heteroatoms. The van der Waals surface area contributed by atoms with E-state index in [1.807, 2.05) is 6.20 Å². The molecule has 0 spiro atoms. The highest BCUT2D eigenvalue weighted by molar-refractivity contribution is 5.59. The molecule has 1 aromatic rings.